The van der Waals surface area contributed by atoms with E-state index in [4.69, 9.17) is 0 Å². The molecule has 0 aromatic carbocycles. The summed E-state index contributed by atoms with van der Waals surface area (Å²) < 4.78 is 4.15. The van der Waals surface area contributed by atoms with E-state index in [2.05, 4.69) is 15.7 Å². The van der Waals surface area contributed by atoms with Crippen molar-refractivity contribution in [2.45, 2.75) is 0 Å². The van der Waals surface area contributed by atoms with Gasteiger partial charge in [0.25, 0.3) is 0 Å². The number of carbonyl (C=O) groups excluding carboxylic acids is 1. The molecule has 0 bridgehead atoms. The third-order valence-corrected chi connectivity index (χ3v) is 0.965. The van der Waals surface area contributed by atoms with Crippen LogP contribution in [0.4, 0.5) is 0 Å². The standard InChI is InChI=1S/C2H3IO2S.K.H/c3-5-2(4)1-6;;/h6H,1H2;;. The maximum absolute atomic E-state index is 9.87. The topological polar surface area (TPSA) is 26.3 Å². The minimum absolute atomic E-state index is 0. The zero-order chi connectivity index (χ0) is 4.99. The molecule has 7 heavy (non-hydrogen) atoms. The van der Waals surface area contributed by atoms with Gasteiger partial charge in [0.2, 0.25) is 0 Å². The van der Waals surface area contributed by atoms with Crippen LogP contribution in [0.5, 0.6) is 0 Å². The van der Waals surface area contributed by atoms with E-state index in [9.17, 15) is 4.79 Å². The van der Waals surface area contributed by atoms with Crippen LogP contribution in [-0.2, 0) is 7.86 Å². The van der Waals surface area contributed by atoms with Gasteiger partial charge in [-0.05, 0) is 0 Å². The number of rotatable bonds is 1. The third-order valence-electron chi connectivity index (χ3n) is 0.215. The van der Waals surface area contributed by atoms with Gasteiger partial charge in [-0.15, -0.1) is 0 Å². The zero-order valence-corrected chi connectivity index (χ0v) is 5.90. The van der Waals surface area contributed by atoms with Crippen molar-refractivity contribution in [1.82, 2.24) is 0 Å². The first-order valence-electron chi connectivity index (χ1n) is 1.23. The second-order valence-corrected chi connectivity index (χ2v) is 1.36. The Morgan fingerprint density at radius 2 is 2.29 bits per heavy atom. The SMILES string of the molecule is O=C(CS)OI.[KH]. The quantitative estimate of drug-likeness (QED) is 0.412. The molecule has 0 fully saturated rings. The van der Waals surface area contributed by atoms with Crippen molar-refractivity contribution >= 4 is 93.0 Å². The van der Waals surface area contributed by atoms with Gasteiger partial charge in [-0.25, -0.2) is 0 Å². The number of hydrogen-bond donors (Lipinski definition) is 1. The number of hydrogen-bond acceptors (Lipinski definition) is 3. The first-order valence-corrected chi connectivity index (χ1v) is 2.75. The molecule has 0 atom stereocenters. The van der Waals surface area contributed by atoms with Gasteiger partial charge in [0.1, 0.15) is 0 Å². The first kappa shape index (κ1) is 11.9. The summed E-state index contributed by atoms with van der Waals surface area (Å²) in [6, 6.07) is 0. The van der Waals surface area contributed by atoms with E-state index in [-0.39, 0.29) is 63.1 Å². The predicted octanol–water partition coefficient (Wildman–Crippen LogP) is 0.161. The van der Waals surface area contributed by atoms with Crippen LogP contribution >= 0.6 is 35.6 Å². The Morgan fingerprint density at radius 1 is 1.86 bits per heavy atom. The maximum atomic E-state index is 9.87. The average Bonchev–Trinajstić information content (AvgIpc) is 1.65. The summed E-state index contributed by atoms with van der Waals surface area (Å²) in [5, 5.41) is 0. The van der Waals surface area contributed by atoms with Gasteiger partial charge in [-0.3, -0.25) is 4.79 Å². The van der Waals surface area contributed by atoms with E-state index >= 15 is 0 Å². The van der Waals surface area contributed by atoms with E-state index in [1.54, 1.807) is 0 Å². The second kappa shape index (κ2) is 8.19. The van der Waals surface area contributed by atoms with E-state index < -0.39 is 0 Å². The molecule has 2 nitrogen and oxygen atoms in total. The van der Waals surface area contributed by atoms with Crippen molar-refractivity contribution in [1.29, 1.82) is 0 Å². The fraction of sp³-hybridized carbons (Fsp3) is 0.500. The molecule has 38 valence electrons. The van der Waals surface area contributed by atoms with Gasteiger partial charge >= 0.3 is 57.4 Å². The molecule has 0 unspecified atom stereocenters. The second-order valence-electron chi connectivity index (χ2n) is 0.607. The molecular weight excluding hydrogens is 254 g/mol. The fourth-order valence-electron chi connectivity index (χ4n) is 0.0244. The summed E-state index contributed by atoms with van der Waals surface area (Å²) in [6.45, 7) is 0. The van der Waals surface area contributed by atoms with Crippen molar-refractivity contribution in [3.63, 3.8) is 0 Å². The van der Waals surface area contributed by atoms with E-state index in [1.165, 1.54) is 23.0 Å². The van der Waals surface area contributed by atoms with Gasteiger partial charge in [0.15, 0.2) is 23.0 Å². The summed E-state index contributed by atoms with van der Waals surface area (Å²) in [4.78, 5) is 9.87. The molecule has 0 saturated carbocycles. The zero-order valence-electron chi connectivity index (χ0n) is 2.85. The molecule has 0 aliphatic rings. The van der Waals surface area contributed by atoms with Gasteiger partial charge in [0.05, 0.1) is 5.75 Å². The Balaban J connectivity index is 0. The normalized spacial score (nSPS) is 6.57. The summed E-state index contributed by atoms with van der Waals surface area (Å²) in [6.07, 6.45) is 0. The van der Waals surface area contributed by atoms with Crippen LogP contribution in [0.3, 0.4) is 0 Å². The van der Waals surface area contributed by atoms with Gasteiger partial charge in [0, 0.05) is 0 Å². The predicted molar refractivity (Wildman–Crippen MR) is 41.1 cm³/mol. The van der Waals surface area contributed by atoms with Crippen LogP contribution < -0.4 is 0 Å². The van der Waals surface area contributed by atoms with Gasteiger partial charge in [-0.1, -0.05) is 0 Å². The third kappa shape index (κ3) is 8.19. The fourth-order valence-corrected chi connectivity index (χ4v) is 0.491. The molecule has 0 aliphatic heterocycles. The van der Waals surface area contributed by atoms with Gasteiger partial charge < -0.3 is 3.07 Å². The van der Waals surface area contributed by atoms with Crippen molar-refractivity contribution in [2.75, 3.05) is 5.75 Å². The summed E-state index contributed by atoms with van der Waals surface area (Å²) in [5.41, 5.74) is 0. The van der Waals surface area contributed by atoms with Crippen LogP contribution in [0.15, 0.2) is 0 Å². The number of thiol groups is 1. The molecule has 0 radical (unpaired) electrons. The van der Waals surface area contributed by atoms with Crippen molar-refractivity contribution in [3.05, 3.63) is 0 Å². The Labute approximate surface area is 104 Å². The van der Waals surface area contributed by atoms with E-state index in [0.717, 1.165) is 0 Å². The summed E-state index contributed by atoms with van der Waals surface area (Å²) in [5.74, 6) is -0.151. The van der Waals surface area contributed by atoms with E-state index in [0.29, 0.717) is 0 Å². The molecular formula is C2H4IKO2S. The molecule has 0 rings (SSSR count). The molecule has 0 amide bonds. The van der Waals surface area contributed by atoms with Gasteiger partial charge in [-0.2, -0.15) is 12.6 Å². The van der Waals surface area contributed by atoms with E-state index in [1.807, 2.05) is 0 Å². The Kier molecular flexibility index (Phi) is 13.9. The van der Waals surface area contributed by atoms with Crippen LogP contribution in [0, 0.1) is 0 Å². The molecule has 0 aliphatic carbocycles. The molecule has 0 N–H and O–H groups in total. The Hall–Kier alpha value is 2.19. The van der Waals surface area contributed by atoms with Crippen molar-refractivity contribution < 1.29 is 7.86 Å². The monoisotopic (exact) mass is 258 g/mol. The molecule has 0 saturated heterocycles. The molecule has 0 aromatic rings. The molecule has 0 aromatic heterocycles. The van der Waals surface area contributed by atoms with Crippen LogP contribution in [0.1, 0.15) is 0 Å². The Bertz CT molecular complexity index is 53.7. The molecule has 0 heterocycles. The first-order chi connectivity index (χ1) is 2.81. The minimum atomic E-state index is -0.307. The summed E-state index contributed by atoms with van der Waals surface area (Å²) in [7, 11) is 0. The summed E-state index contributed by atoms with van der Waals surface area (Å²) >= 11 is 5.13. The number of halogens is 1. The van der Waals surface area contributed by atoms with Crippen LogP contribution in [0.2, 0.25) is 0 Å². The van der Waals surface area contributed by atoms with Crippen molar-refractivity contribution in [2.24, 2.45) is 0 Å². The molecule has 0 spiro atoms. The molecule has 5 heteroatoms. The van der Waals surface area contributed by atoms with Crippen LogP contribution in [-0.4, -0.2) is 63.1 Å². The van der Waals surface area contributed by atoms with Crippen molar-refractivity contribution in [3.8, 4) is 0 Å². The number of carbonyl (C=O) groups is 1. The van der Waals surface area contributed by atoms with Crippen LogP contribution in [0.25, 0.3) is 0 Å². The Morgan fingerprint density at radius 3 is 2.29 bits per heavy atom. The average molecular weight is 258 g/mol.